The van der Waals surface area contributed by atoms with Gasteiger partial charge in [0.1, 0.15) is 0 Å². The minimum absolute atomic E-state index is 0.334. The molecule has 0 spiro atoms. The Hall–Kier alpha value is -2.74. The maximum Gasteiger partial charge on any atom is 0.334 e. The van der Waals surface area contributed by atoms with Crippen molar-refractivity contribution in [1.29, 1.82) is 0 Å². The highest BCUT2D eigenvalue weighted by molar-refractivity contribution is 6.08. The molecule has 4 N–H and O–H groups in total. The largest absolute Gasteiger partial charge is 0.451 e. The minimum Gasteiger partial charge on any atom is -0.451 e. The Labute approximate surface area is 145 Å². The maximum absolute atomic E-state index is 12.6. The van der Waals surface area contributed by atoms with Crippen LogP contribution in [0.2, 0.25) is 0 Å². The summed E-state index contributed by atoms with van der Waals surface area (Å²) in [4.78, 5) is 37.8. The molecule has 1 fully saturated rings. The molecule has 1 aromatic rings. The van der Waals surface area contributed by atoms with E-state index in [9.17, 15) is 14.4 Å². The van der Waals surface area contributed by atoms with Gasteiger partial charge < -0.3 is 21.2 Å². The van der Waals surface area contributed by atoms with Crippen LogP contribution in [0.4, 0.5) is 5.69 Å². The quantitative estimate of drug-likeness (QED) is 0.260. The first-order valence-corrected chi connectivity index (χ1v) is 7.93. The summed E-state index contributed by atoms with van der Waals surface area (Å²) in [5, 5.41) is 3.44. The van der Waals surface area contributed by atoms with E-state index in [4.69, 9.17) is 16.3 Å². The van der Waals surface area contributed by atoms with Crippen molar-refractivity contribution >= 4 is 29.6 Å². The van der Waals surface area contributed by atoms with Crippen LogP contribution in [0, 0.1) is 0 Å². The fraction of sp³-hybridized carbons (Fsp3) is 0.412. The molecule has 2 atom stereocenters. The van der Waals surface area contributed by atoms with Crippen LogP contribution in [-0.2, 0) is 19.1 Å². The van der Waals surface area contributed by atoms with E-state index in [1.165, 1.54) is 20.1 Å². The molecule has 0 bridgehead atoms. The number of nitrogens with zero attached hydrogens (tertiary/aromatic N) is 2. The Morgan fingerprint density at radius 2 is 2.00 bits per heavy atom. The number of carbonyl (C=O) groups excluding carboxylic acids is 3. The summed E-state index contributed by atoms with van der Waals surface area (Å²) >= 11 is 0. The smallest absolute Gasteiger partial charge is 0.334 e. The zero-order chi connectivity index (χ0) is 18.6. The molecule has 1 amide bonds. The third kappa shape index (κ3) is 4.03. The number of ketones is 1. The van der Waals surface area contributed by atoms with Gasteiger partial charge in [-0.15, -0.1) is 0 Å². The zero-order valence-corrected chi connectivity index (χ0v) is 14.3. The van der Waals surface area contributed by atoms with Crippen molar-refractivity contribution in [1.82, 2.24) is 0 Å². The average molecular weight is 346 g/mol. The highest BCUT2D eigenvalue weighted by atomic mass is 16.6. The molecule has 0 aliphatic carbocycles. The van der Waals surface area contributed by atoms with Gasteiger partial charge in [-0.2, -0.15) is 5.10 Å². The number of hydrogen-bond acceptors (Lipinski definition) is 7. The first-order valence-electron chi connectivity index (χ1n) is 7.93. The van der Waals surface area contributed by atoms with Gasteiger partial charge in [0.25, 0.3) is 5.91 Å². The van der Waals surface area contributed by atoms with Gasteiger partial charge in [0.15, 0.2) is 17.4 Å². The average Bonchev–Trinajstić information content (AvgIpc) is 2.57. The molecule has 0 radical (unpaired) electrons. The van der Waals surface area contributed by atoms with Crippen LogP contribution in [0.3, 0.4) is 0 Å². The molecule has 1 saturated heterocycles. The van der Waals surface area contributed by atoms with Crippen molar-refractivity contribution < 1.29 is 19.1 Å². The fourth-order valence-electron chi connectivity index (χ4n) is 2.43. The number of hydrazone groups is 1. The summed E-state index contributed by atoms with van der Waals surface area (Å²) in [5.74, 6) is 3.36. The van der Waals surface area contributed by atoms with E-state index in [0.29, 0.717) is 25.1 Å². The Kier molecular flexibility index (Phi) is 5.53. The lowest BCUT2D eigenvalue weighted by Gasteiger charge is -2.33. The van der Waals surface area contributed by atoms with E-state index in [2.05, 4.69) is 5.10 Å². The molecule has 25 heavy (non-hydrogen) atoms. The molecular weight excluding hydrogens is 324 g/mol. The lowest BCUT2D eigenvalue weighted by molar-refractivity contribution is -0.162. The van der Waals surface area contributed by atoms with Gasteiger partial charge in [-0.1, -0.05) is 12.1 Å². The van der Waals surface area contributed by atoms with Gasteiger partial charge in [0, 0.05) is 12.2 Å². The summed E-state index contributed by atoms with van der Waals surface area (Å²) in [5.41, 5.74) is 5.41. The molecule has 1 aromatic carbocycles. The Balaban J connectivity index is 2.12. The molecule has 1 heterocycles. The van der Waals surface area contributed by atoms with Crippen molar-refractivity contribution in [2.75, 3.05) is 11.4 Å². The Morgan fingerprint density at radius 3 is 2.56 bits per heavy atom. The highest BCUT2D eigenvalue weighted by Crippen LogP contribution is 2.23. The number of Topliss-reactive ketones (excluding diaryl/α,β-unsaturated/α-hetero) is 1. The molecule has 0 aromatic heterocycles. The van der Waals surface area contributed by atoms with Crippen molar-refractivity contribution in [2.24, 2.45) is 16.7 Å². The lowest BCUT2D eigenvalue weighted by atomic mass is 9.99. The molecule has 8 nitrogen and oxygen atoms in total. The van der Waals surface area contributed by atoms with Crippen LogP contribution in [0.25, 0.3) is 0 Å². The minimum atomic E-state index is -1.76. The van der Waals surface area contributed by atoms with Crippen molar-refractivity contribution in [3.05, 3.63) is 29.8 Å². The van der Waals surface area contributed by atoms with Gasteiger partial charge in [-0.25, -0.2) is 4.79 Å². The summed E-state index contributed by atoms with van der Waals surface area (Å²) in [6, 6.07) is 7.09. The van der Waals surface area contributed by atoms with E-state index < -0.39 is 23.4 Å². The normalized spacial score (nSPS) is 20.4. The molecule has 134 valence electrons. The van der Waals surface area contributed by atoms with Gasteiger partial charge in [-0.3, -0.25) is 9.59 Å². The van der Waals surface area contributed by atoms with E-state index >= 15 is 0 Å². The second kappa shape index (κ2) is 7.43. The number of piperidine rings is 1. The molecule has 0 saturated carbocycles. The van der Waals surface area contributed by atoms with Crippen LogP contribution >= 0.6 is 0 Å². The predicted molar refractivity (Wildman–Crippen MR) is 93.0 cm³/mol. The summed E-state index contributed by atoms with van der Waals surface area (Å²) in [6.45, 7) is 3.01. The number of carbonyl (C=O) groups is 3. The van der Waals surface area contributed by atoms with Crippen molar-refractivity contribution in [3.8, 4) is 0 Å². The number of anilines is 1. The lowest BCUT2D eigenvalue weighted by Crippen LogP contribution is -2.55. The number of benzene rings is 1. The fourth-order valence-corrected chi connectivity index (χ4v) is 2.43. The zero-order valence-electron chi connectivity index (χ0n) is 14.3. The van der Waals surface area contributed by atoms with Gasteiger partial charge >= 0.3 is 5.97 Å². The van der Waals surface area contributed by atoms with E-state index in [-0.39, 0.29) is 5.91 Å². The van der Waals surface area contributed by atoms with Crippen LogP contribution < -0.4 is 16.5 Å². The van der Waals surface area contributed by atoms with Crippen LogP contribution in [0.1, 0.15) is 32.3 Å². The Morgan fingerprint density at radius 1 is 1.36 bits per heavy atom. The third-order valence-corrected chi connectivity index (χ3v) is 4.22. The number of nitrogens with two attached hydrogens (primary N) is 2. The van der Waals surface area contributed by atoms with Gasteiger partial charge in [-0.05, 0) is 44.4 Å². The van der Waals surface area contributed by atoms with Crippen molar-refractivity contribution in [3.63, 3.8) is 0 Å². The monoisotopic (exact) mass is 346 g/mol. The number of esters is 1. The predicted octanol–water partition coefficient (Wildman–Crippen LogP) is 0.324. The molecular formula is C17H22N4O4. The first-order chi connectivity index (χ1) is 11.8. The molecule has 8 heteroatoms. The van der Waals surface area contributed by atoms with E-state index in [0.717, 1.165) is 5.56 Å². The summed E-state index contributed by atoms with van der Waals surface area (Å²) in [6.07, 6.45) is 1.61. The van der Waals surface area contributed by atoms with Crippen LogP contribution in [0.5, 0.6) is 0 Å². The third-order valence-electron chi connectivity index (χ3n) is 4.22. The highest BCUT2D eigenvalue weighted by Gasteiger charge is 2.40. The molecule has 2 rings (SSSR count). The van der Waals surface area contributed by atoms with Crippen LogP contribution in [0.15, 0.2) is 29.4 Å². The van der Waals surface area contributed by atoms with E-state index in [1.807, 2.05) is 0 Å². The molecule has 1 aliphatic heterocycles. The van der Waals surface area contributed by atoms with Crippen molar-refractivity contribution in [2.45, 2.75) is 38.3 Å². The van der Waals surface area contributed by atoms with Crippen LogP contribution in [-0.4, -0.2) is 42.1 Å². The topological polar surface area (TPSA) is 128 Å². The number of hydrogen-bond donors (Lipinski definition) is 2. The standard InChI is InChI=1S/C17H22N4O4/c1-11(22)17(2,18)16(24)25-14-4-3-9-21(15(14)23)13-7-5-12(6-8-13)10-20-19/h5-8,10,14H,3-4,9,18-19H2,1-2H3. The number of rotatable bonds is 5. The summed E-state index contributed by atoms with van der Waals surface area (Å²) in [7, 11) is 0. The number of amides is 1. The number of ether oxygens (including phenoxy) is 1. The SMILES string of the molecule is CC(=O)C(C)(N)C(=O)OC1CCCN(c2ccc(C=NN)cc2)C1=O. The first kappa shape index (κ1) is 18.6. The summed E-state index contributed by atoms with van der Waals surface area (Å²) < 4.78 is 5.23. The van der Waals surface area contributed by atoms with Gasteiger partial charge in [0.05, 0.1) is 6.21 Å². The maximum atomic E-state index is 12.6. The molecule has 1 aliphatic rings. The Bertz CT molecular complexity index is 697. The van der Waals surface area contributed by atoms with E-state index in [1.54, 1.807) is 29.2 Å². The van der Waals surface area contributed by atoms with Gasteiger partial charge in [0.2, 0.25) is 0 Å². The second-order valence-electron chi connectivity index (χ2n) is 6.15. The molecule has 2 unspecified atom stereocenters. The second-order valence-corrected chi connectivity index (χ2v) is 6.15.